The van der Waals surface area contributed by atoms with Gasteiger partial charge in [0, 0.05) is 24.0 Å². The van der Waals surface area contributed by atoms with E-state index in [4.69, 9.17) is 5.73 Å². The van der Waals surface area contributed by atoms with Crippen molar-refractivity contribution < 1.29 is 4.79 Å². The highest BCUT2D eigenvalue weighted by atomic mass is 32.1. The van der Waals surface area contributed by atoms with E-state index in [1.54, 1.807) is 29.2 Å². The fraction of sp³-hybridized carbons (Fsp3) is 0. The van der Waals surface area contributed by atoms with Crippen LogP contribution < -0.4 is 5.73 Å². The predicted molar refractivity (Wildman–Crippen MR) is 50.0 cm³/mol. The van der Waals surface area contributed by atoms with E-state index in [-0.39, 0.29) is 0 Å². The first-order chi connectivity index (χ1) is 6.27. The van der Waals surface area contributed by atoms with E-state index >= 15 is 0 Å². The number of hydrogen-bond acceptors (Lipinski definition) is 3. The van der Waals surface area contributed by atoms with Gasteiger partial charge in [0.25, 0.3) is 0 Å². The molecular weight excluding hydrogens is 186 g/mol. The molecule has 5 heteroatoms. The van der Waals surface area contributed by atoms with Gasteiger partial charge in [-0.1, -0.05) is 0 Å². The van der Waals surface area contributed by atoms with Crippen molar-refractivity contribution >= 4 is 17.2 Å². The molecule has 0 saturated carbocycles. The van der Waals surface area contributed by atoms with Gasteiger partial charge in [-0.2, -0.15) is 0 Å². The molecule has 0 bridgehead atoms. The van der Waals surface area contributed by atoms with Gasteiger partial charge in [-0.15, -0.1) is 11.3 Å². The molecule has 0 unspecified atom stereocenters. The van der Waals surface area contributed by atoms with Crippen LogP contribution in [0.25, 0.3) is 5.13 Å². The largest absolute Gasteiger partial charge is 0.366 e. The molecule has 13 heavy (non-hydrogen) atoms. The summed E-state index contributed by atoms with van der Waals surface area (Å²) < 4.78 is 1.77. The first-order valence-electron chi connectivity index (χ1n) is 3.65. The molecule has 0 fully saturated rings. The highest BCUT2D eigenvalue weighted by Crippen LogP contribution is 2.12. The summed E-state index contributed by atoms with van der Waals surface area (Å²) in [5.41, 5.74) is 5.61. The van der Waals surface area contributed by atoms with Crippen LogP contribution in [-0.4, -0.2) is 15.5 Å². The number of carbonyl (C=O) groups excluding carboxylic acids is 1. The molecule has 0 saturated heterocycles. The zero-order valence-corrected chi connectivity index (χ0v) is 7.49. The molecule has 2 aromatic heterocycles. The van der Waals surface area contributed by atoms with E-state index in [2.05, 4.69) is 4.98 Å². The van der Waals surface area contributed by atoms with Crippen molar-refractivity contribution in [2.75, 3.05) is 0 Å². The molecule has 0 spiro atoms. The number of aromatic nitrogens is 2. The van der Waals surface area contributed by atoms with Gasteiger partial charge in [0.15, 0.2) is 5.13 Å². The van der Waals surface area contributed by atoms with Gasteiger partial charge in [-0.05, 0) is 6.07 Å². The zero-order valence-electron chi connectivity index (χ0n) is 6.68. The van der Waals surface area contributed by atoms with E-state index in [1.807, 2.05) is 5.38 Å². The lowest BCUT2D eigenvalue weighted by molar-refractivity contribution is 0.100. The van der Waals surface area contributed by atoms with Crippen molar-refractivity contribution in [1.82, 2.24) is 9.55 Å². The maximum atomic E-state index is 10.8. The van der Waals surface area contributed by atoms with Gasteiger partial charge in [-0.25, -0.2) is 4.98 Å². The highest BCUT2D eigenvalue weighted by molar-refractivity contribution is 7.12. The van der Waals surface area contributed by atoms with Crippen LogP contribution in [0.5, 0.6) is 0 Å². The van der Waals surface area contributed by atoms with Crippen molar-refractivity contribution in [2.24, 2.45) is 5.73 Å². The van der Waals surface area contributed by atoms with Gasteiger partial charge >= 0.3 is 0 Å². The second kappa shape index (κ2) is 3.02. The van der Waals surface area contributed by atoms with Crippen LogP contribution in [-0.2, 0) is 0 Å². The van der Waals surface area contributed by atoms with E-state index in [9.17, 15) is 4.79 Å². The summed E-state index contributed by atoms with van der Waals surface area (Å²) >= 11 is 1.50. The fourth-order valence-electron chi connectivity index (χ4n) is 1.00. The summed E-state index contributed by atoms with van der Waals surface area (Å²) in [4.78, 5) is 14.9. The third kappa shape index (κ3) is 1.46. The smallest absolute Gasteiger partial charge is 0.250 e. The molecular formula is C8H7N3OS. The van der Waals surface area contributed by atoms with Crippen LogP contribution in [0.3, 0.4) is 0 Å². The minimum absolute atomic E-state index is 0.421. The van der Waals surface area contributed by atoms with E-state index < -0.39 is 5.91 Å². The molecule has 0 aliphatic heterocycles. The van der Waals surface area contributed by atoms with E-state index in [0.29, 0.717) is 5.56 Å². The number of thiazole rings is 1. The lowest BCUT2D eigenvalue weighted by atomic mass is 10.3. The molecule has 0 aliphatic carbocycles. The number of primary amides is 1. The molecule has 66 valence electrons. The molecule has 2 rings (SSSR count). The molecule has 0 radical (unpaired) electrons. The highest BCUT2D eigenvalue weighted by Gasteiger charge is 2.04. The van der Waals surface area contributed by atoms with Crippen LogP contribution in [0, 0.1) is 0 Å². The third-order valence-electron chi connectivity index (χ3n) is 1.62. The second-order valence-electron chi connectivity index (χ2n) is 2.49. The SMILES string of the molecule is NC(=O)c1ccn(-c2nccs2)c1. The Kier molecular flexibility index (Phi) is 1.86. The topological polar surface area (TPSA) is 60.9 Å². The summed E-state index contributed by atoms with van der Waals surface area (Å²) in [6.45, 7) is 0. The van der Waals surface area contributed by atoms with Gasteiger partial charge in [0.05, 0.1) is 5.56 Å². The van der Waals surface area contributed by atoms with Crippen molar-refractivity contribution in [1.29, 1.82) is 0 Å². The van der Waals surface area contributed by atoms with Crippen molar-refractivity contribution in [2.45, 2.75) is 0 Å². The molecule has 0 aliphatic rings. The second-order valence-corrected chi connectivity index (χ2v) is 3.36. The monoisotopic (exact) mass is 193 g/mol. The number of hydrogen-bond donors (Lipinski definition) is 1. The Morgan fingerprint density at radius 3 is 3.00 bits per heavy atom. The molecule has 0 aromatic carbocycles. The van der Waals surface area contributed by atoms with Gasteiger partial charge in [0.2, 0.25) is 5.91 Å². The quantitative estimate of drug-likeness (QED) is 0.774. The molecule has 2 heterocycles. The van der Waals surface area contributed by atoms with Crippen LogP contribution in [0.1, 0.15) is 10.4 Å². The van der Waals surface area contributed by atoms with Gasteiger partial charge in [-0.3, -0.25) is 9.36 Å². The van der Waals surface area contributed by atoms with Crippen molar-refractivity contribution in [3.05, 3.63) is 35.6 Å². The number of rotatable bonds is 2. The lowest BCUT2D eigenvalue weighted by Crippen LogP contribution is -2.09. The summed E-state index contributed by atoms with van der Waals surface area (Å²) in [5, 5.41) is 2.70. The Morgan fingerprint density at radius 1 is 1.62 bits per heavy atom. The fourth-order valence-corrected chi connectivity index (χ4v) is 1.61. The van der Waals surface area contributed by atoms with Crippen LogP contribution in [0.15, 0.2) is 30.0 Å². The maximum absolute atomic E-state index is 10.8. The molecule has 2 N–H and O–H groups in total. The van der Waals surface area contributed by atoms with Crippen LogP contribution in [0.4, 0.5) is 0 Å². The number of nitrogens with two attached hydrogens (primary N) is 1. The van der Waals surface area contributed by atoms with E-state index in [0.717, 1.165) is 5.13 Å². The van der Waals surface area contributed by atoms with Crippen LogP contribution in [0.2, 0.25) is 0 Å². The van der Waals surface area contributed by atoms with Gasteiger partial charge in [0.1, 0.15) is 0 Å². The normalized spacial score (nSPS) is 10.2. The van der Waals surface area contributed by atoms with Gasteiger partial charge < -0.3 is 5.73 Å². The Bertz CT molecular complexity index is 418. The molecule has 0 atom stereocenters. The number of amides is 1. The standard InChI is InChI=1S/C8H7N3OS/c9-7(12)6-1-3-11(5-6)8-10-2-4-13-8/h1-5H,(H2,9,12). The average Bonchev–Trinajstić information content (AvgIpc) is 2.75. The zero-order chi connectivity index (χ0) is 9.26. The number of carbonyl (C=O) groups is 1. The molecule has 2 aromatic rings. The summed E-state index contributed by atoms with van der Waals surface area (Å²) in [6.07, 6.45) is 5.14. The Labute approximate surface area is 78.6 Å². The summed E-state index contributed by atoms with van der Waals surface area (Å²) in [6, 6.07) is 1.67. The summed E-state index contributed by atoms with van der Waals surface area (Å²) in [5.74, 6) is -0.421. The minimum Gasteiger partial charge on any atom is -0.366 e. The Morgan fingerprint density at radius 2 is 2.46 bits per heavy atom. The first kappa shape index (κ1) is 8.00. The predicted octanol–water partition coefficient (Wildman–Crippen LogP) is 1.03. The Balaban J connectivity index is 2.39. The number of nitrogens with zero attached hydrogens (tertiary/aromatic N) is 2. The summed E-state index contributed by atoms with van der Waals surface area (Å²) in [7, 11) is 0. The van der Waals surface area contributed by atoms with Crippen LogP contribution >= 0.6 is 11.3 Å². The average molecular weight is 193 g/mol. The van der Waals surface area contributed by atoms with Crippen molar-refractivity contribution in [3.63, 3.8) is 0 Å². The Hall–Kier alpha value is -1.62. The molecule has 1 amide bonds. The van der Waals surface area contributed by atoms with E-state index in [1.165, 1.54) is 11.3 Å². The third-order valence-corrected chi connectivity index (χ3v) is 2.40. The minimum atomic E-state index is -0.421. The lowest BCUT2D eigenvalue weighted by Gasteiger charge is -1.93. The first-order valence-corrected chi connectivity index (χ1v) is 4.53. The molecule has 4 nitrogen and oxygen atoms in total. The maximum Gasteiger partial charge on any atom is 0.250 e. The van der Waals surface area contributed by atoms with Crippen molar-refractivity contribution in [3.8, 4) is 5.13 Å².